The van der Waals surface area contributed by atoms with Gasteiger partial charge in [0.05, 0.1) is 13.2 Å². The third-order valence-electron chi connectivity index (χ3n) is 2.28. The van der Waals surface area contributed by atoms with Gasteiger partial charge in [0.2, 0.25) is 5.88 Å². The number of rotatable bonds is 6. The van der Waals surface area contributed by atoms with Gasteiger partial charge in [-0.2, -0.15) is 0 Å². The van der Waals surface area contributed by atoms with Crippen molar-refractivity contribution in [1.29, 1.82) is 0 Å². The van der Waals surface area contributed by atoms with Gasteiger partial charge in [0.1, 0.15) is 0 Å². The molecule has 0 aromatic carbocycles. The first-order valence-electron chi connectivity index (χ1n) is 6.78. The molecule has 0 aliphatic rings. The maximum atomic E-state index is 5.37. The highest BCUT2D eigenvalue weighted by Crippen LogP contribution is 2.10. The van der Waals surface area contributed by atoms with Crippen molar-refractivity contribution in [3.63, 3.8) is 0 Å². The first-order valence-corrected chi connectivity index (χ1v) is 6.78. The number of guanidine groups is 1. The number of aromatic nitrogens is 1. The number of ether oxygens (including phenoxy) is 1. The Morgan fingerprint density at radius 2 is 2.15 bits per heavy atom. The Balaban J connectivity index is 0.00000361. The number of pyridine rings is 1. The quantitative estimate of drug-likeness (QED) is 0.444. The molecule has 0 spiro atoms. The van der Waals surface area contributed by atoms with E-state index in [2.05, 4.69) is 41.4 Å². The van der Waals surface area contributed by atoms with Gasteiger partial charge in [0.25, 0.3) is 0 Å². The van der Waals surface area contributed by atoms with Crippen molar-refractivity contribution in [1.82, 2.24) is 15.6 Å². The minimum Gasteiger partial charge on any atom is -0.478 e. The lowest BCUT2D eigenvalue weighted by molar-refractivity contribution is 0.326. The molecule has 1 rings (SSSR count). The van der Waals surface area contributed by atoms with Gasteiger partial charge < -0.3 is 15.4 Å². The summed E-state index contributed by atoms with van der Waals surface area (Å²) in [4.78, 5) is 8.68. The molecule has 0 fully saturated rings. The third-order valence-corrected chi connectivity index (χ3v) is 2.28. The van der Waals surface area contributed by atoms with Crippen LogP contribution < -0.4 is 15.4 Å². The number of hydrogen-bond donors (Lipinski definition) is 2. The molecule has 1 heterocycles. The third kappa shape index (κ3) is 7.52. The van der Waals surface area contributed by atoms with Crippen LogP contribution >= 0.6 is 24.0 Å². The Morgan fingerprint density at radius 3 is 2.75 bits per heavy atom. The van der Waals surface area contributed by atoms with Crippen LogP contribution in [0, 0.1) is 0 Å². The number of nitrogens with zero attached hydrogens (tertiary/aromatic N) is 2. The van der Waals surface area contributed by atoms with Crippen LogP contribution in [0.5, 0.6) is 5.88 Å². The van der Waals surface area contributed by atoms with Crippen molar-refractivity contribution >= 4 is 29.9 Å². The van der Waals surface area contributed by atoms with Gasteiger partial charge in [-0.3, -0.25) is 0 Å². The summed E-state index contributed by atoms with van der Waals surface area (Å²) in [5, 5.41) is 6.50. The highest BCUT2D eigenvalue weighted by Gasteiger charge is 2.01. The molecule has 0 aliphatic heterocycles. The van der Waals surface area contributed by atoms with Gasteiger partial charge >= 0.3 is 0 Å². The average Bonchev–Trinajstić information content (AvgIpc) is 2.36. The van der Waals surface area contributed by atoms with Crippen LogP contribution in [0.25, 0.3) is 0 Å². The van der Waals surface area contributed by atoms with E-state index in [1.807, 2.05) is 19.1 Å². The molecule has 0 unspecified atom stereocenters. The molecule has 1 aromatic heterocycles. The number of halogens is 1. The predicted octanol–water partition coefficient (Wildman–Crippen LogP) is 2.56. The van der Waals surface area contributed by atoms with Crippen LogP contribution in [0.2, 0.25) is 0 Å². The second-order valence-corrected chi connectivity index (χ2v) is 4.43. The fraction of sp³-hybridized carbons (Fsp3) is 0.571. The van der Waals surface area contributed by atoms with Crippen LogP contribution in [0.4, 0.5) is 0 Å². The van der Waals surface area contributed by atoms with Gasteiger partial charge in [-0.1, -0.05) is 0 Å². The Labute approximate surface area is 138 Å². The highest BCUT2D eigenvalue weighted by molar-refractivity contribution is 14.0. The molecule has 0 aliphatic carbocycles. The Morgan fingerprint density at radius 1 is 1.40 bits per heavy atom. The zero-order chi connectivity index (χ0) is 14.1. The van der Waals surface area contributed by atoms with Crippen molar-refractivity contribution in [3.05, 3.63) is 23.9 Å². The zero-order valence-corrected chi connectivity index (χ0v) is 15.0. The van der Waals surface area contributed by atoms with E-state index in [1.165, 1.54) is 0 Å². The lowest BCUT2D eigenvalue weighted by Crippen LogP contribution is -2.40. The SMILES string of the molecule is CCNC(=NCc1ccnc(OCC)c1)NC(C)C.I. The average molecular weight is 392 g/mol. The van der Waals surface area contributed by atoms with E-state index in [1.54, 1.807) is 6.20 Å². The van der Waals surface area contributed by atoms with Crippen LogP contribution in [0.15, 0.2) is 23.3 Å². The van der Waals surface area contributed by atoms with Crippen molar-refractivity contribution < 1.29 is 4.74 Å². The number of nitrogens with one attached hydrogen (secondary N) is 2. The molecule has 6 heteroatoms. The van der Waals surface area contributed by atoms with E-state index < -0.39 is 0 Å². The van der Waals surface area contributed by atoms with Crippen molar-refractivity contribution in [3.8, 4) is 5.88 Å². The minimum atomic E-state index is 0. The van der Waals surface area contributed by atoms with E-state index in [-0.39, 0.29) is 24.0 Å². The van der Waals surface area contributed by atoms with Crippen LogP contribution in [0.3, 0.4) is 0 Å². The second kappa shape index (κ2) is 10.7. The standard InChI is InChI=1S/C14H24N4O.HI/c1-5-15-14(18-11(3)4)17-10-12-7-8-16-13(9-12)19-6-2;/h7-9,11H,5-6,10H2,1-4H3,(H2,15,17,18);1H. The lowest BCUT2D eigenvalue weighted by Gasteiger charge is -2.14. The van der Waals surface area contributed by atoms with Gasteiger partial charge in [-0.15, -0.1) is 24.0 Å². The normalized spacial score (nSPS) is 10.9. The number of hydrogen-bond acceptors (Lipinski definition) is 3. The summed E-state index contributed by atoms with van der Waals surface area (Å²) in [6, 6.07) is 4.23. The molecule has 2 N–H and O–H groups in total. The summed E-state index contributed by atoms with van der Waals surface area (Å²) in [6.45, 7) is 10.2. The Kier molecular flexibility index (Phi) is 10.1. The Hall–Kier alpha value is -1.05. The van der Waals surface area contributed by atoms with E-state index in [0.717, 1.165) is 18.1 Å². The maximum absolute atomic E-state index is 5.37. The van der Waals surface area contributed by atoms with Crippen LogP contribution in [0.1, 0.15) is 33.3 Å². The molecule has 1 aromatic rings. The minimum absolute atomic E-state index is 0. The monoisotopic (exact) mass is 392 g/mol. The topological polar surface area (TPSA) is 58.5 Å². The molecule has 0 atom stereocenters. The molecule has 0 radical (unpaired) electrons. The zero-order valence-electron chi connectivity index (χ0n) is 12.6. The molecule has 0 amide bonds. The summed E-state index contributed by atoms with van der Waals surface area (Å²) in [5.41, 5.74) is 1.08. The largest absolute Gasteiger partial charge is 0.478 e. The van der Waals surface area contributed by atoms with Crippen molar-refractivity contribution in [2.75, 3.05) is 13.2 Å². The highest BCUT2D eigenvalue weighted by atomic mass is 127. The molecular formula is C14H25IN4O. The summed E-state index contributed by atoms with van der Waals surface area (Å²) in [7, 11) is 0. The van der Waals surface area contributed by atoms with E-state index in [9.17, 15) is 0 Å². The molecule has 0 saturated carbocycles. The summed E-state index contributed by atoms with van der Waals surface area (Å²) in [5.74, 6) is 1.48. The fourth-order valence-electron chi connectivity index (χ4n) is 1.54. The molecule has 0 bridgehead atoms. The van der Waals surface area contributed by atoms with Crippen molar-refractivity contribution in [2.45, 2.75) is 40.3 Å². The van der Waals surface area contributed by atoms with E-state index in [4.69, 9.17) is 4.74 Å². The first kappa shape index (κ1) is 18.9. The molecule has 114 valence electrons. The van der Waals surface area contributed by atoms with Crippen LogP contribution in [-0.2, 0) is 6.54 Å². The lowest BCUT2D eigenvalue weighted by atomic mass is 10.3. The Bertz CT molecular complexity index is 410. The van der Waals surface area contributed by atoms with E-state index >= 15 is 0 Å². The maximum Gasteiger partial charge on any atom is 0.213 e. The summed E-state index contributed by atoms with van der Waals surface area (Å²) >= 11 is 0. The molecule has 5 nitrogen and oxygen atoms in total. The number of aliphatic imine (C=N–C) groups is 1. The fourth-order valence-corrected chi connectivity index (χ4v) is 1.54. The van der Waals surface area contributed by atoms with Gasteiger partial charge in [0.15, 0.2) is 5.96 Å². The molecule has 0 saturated heterocycles. The molecule has 20 heavy (non-hydrogen) atoms. The smallest absolute Gasteiger partial charge is 0.213 e. The van der Waals surface area contributed by atoms with Crippen LogP contribution in [-0.4, -0.2) is 30.1 Å². The molecular weight excluding hydrogens is 367 g/mol. The predicted molar refractivity (Wildman–Crippen MR) is 93.9 cm³/mol. The second-order valence-electron chi connectivity index (χ2n) is 4.43. The van der Waals surface area contributed by atoms with E-state index in [0.29, 0.717) is 25.1 Å². The van der Waals surface area contributed by atoms with Crippen molar-refractivity contribution in [2.24, 2.45) is 4.99 Å². The van der Waals surface area contributed by atoms with Gasteiger partial charge in [0, 0.05) is 24.8 Å². The van der Waals surface area contributed by atoms with Gasteiger partial charge in [-0.05, 0) is 39.3 Å². The summed E-state index contributed by atoms with van der Waals surface area (Å²) < 4.78 is 5.37. The first-order chi connectivity index (χ1) is 9.15. The van der Waals surface area contributed by atoms with Gasteiger partial charge in [-0.25, -0.2) is 9.98 Å². The summed E-state index contributed by atoms with van der Waals surface area (Å²) in [6.07, 6.45) is 1.75.